The minimum atomic E-state index is -0.128. The van der Waals surface area contributed by atoms with Crippen LogP contribution in [0.25, 0.3) is 0 Å². The molecule has 128 valence electrons. The summed E-state index contributed by atoms with van der Waals surface area (Å²) < 4.78 is 5.11. The summed E-state index contributed by atoms with van der Waals surface area (Å²) in [5.41, 5.74) is 8.54. The average molecular weight is 335 g/mol. The number of likely N-dealkylation sites (N-methyl/N-ethyl adjacent to an activating group) is 1. The Labute approximate surface area is 147 Å². The Kier molecular flexibility index (Phi) is 6.12. The average Bonchev–Trinajstić information content (AvgIpc) is 2.65. The molecule has 0 unspecified atom stereocenters. The number of nitrogens with two attached hydrogens (primary N) is 1. The summed E-state index contributed by atoms with van der Waals surface area (Å²) in [4.78, 5) is 12.2. The molecule has 0 amide bonds. The molecule has 0 radical (unpaired) electrons. The molecule has 0 aliphatic heterocycles. The van der Waals surface area contributed by atoms with Crippen LogP contribution in [-0.2, 0) is 0 Å². The third kappa shape index (κ3) is 5.07. The van der Waals surface area contributed by atoms with E-state index in [1.807, 2.05) is 12.1 Å². The maximum atomic E-state index is 12.2. The number of rotatable bonds is 7. The quantitative estimate of drug-likeness (QED) is 0.238. The fraction of sp³-hybridized carbons (Fsp3) is 0.100. The van der Waals surface area contributed by atoms with E-state index in [1.54, 1.807) is 62.7 Å². The van der Waals surface area contributed by atoms with E-state index < -0.39 is 0 Å². The molecule has 2 aromatic carbocycles. The lowest BCUT2D eigenvalue weighted by Crippen LogP contribution is -2.07. The van der Waals surface area contributed by atoms with Gasteiger partial charge >= 0.3 is 0 Å². The Hall–Kier alpha value is -3.34. The van der Waals surface area contributed by atoms with Gasteiger partial charge in [0.25, 0.3) is 0 Å². The van der Waals surface area contributed by atoms with Gasteiger partial charge in [0, 0.05) is 24.0 Å². The number of hydrogen-bond acceptors (Lipinski definition) is 5. The number of methoxy groups -OCH3 is 1. The first-order valence-corrected chi connectivity index (χ1v) is 7.74. The smallest absolute Gasteiger partial charge is 0.185 e. The Morgan fingerprint density at radius 2 is 1.64 bits per heavy atom. The molecular formula is C20H21N3O2. The van der Waals surface area contributed by atoms with Crippen molar-refractivity contribution in [1.29, 1.82) is 5.41 Å². The maximum absolute atomic E-state index is 12.2. The Morgan fingerprint density at radius 1 is 1.04 bits per heavy atom. The van der Waals surface area contributed by atoms with Crippen molar-refractivity contribution in [3.8, 4) is 5.75 Å². The number of ketones is 1. The van der Waals surface area contributed by atoms with Crippen LogP contribution in [0, 0.1) is 5.41 Å². The summed E-state index contributed by atoms with van der Waals surface area (Å²) >= 11 is 0. The van der Waals surface area contributed by atoms with Gasteiger partial charge in [0.2, 0.25) is 0 Å². The first kappa shape index (κ1) is 18.0. The fourth-order valence-electron chi connectivity index (χ4n) is 2.12. The molecule has 0 heterocycles. The highest BCUT2D eigenvalue weighted by molar-refractivity contribution is 6.08. The molecule has 0 aliphatic carbocycles. The number of carbonyl (C=O) groups excluding carboxylic acids is 1. The highest BCUT2D eigenvalue weighted by Crippen LogP contribution is 2.13. The molecule has 5 heteroatoms. The molecule has 0 fully saturated rings. The van der Waals surface area contributed by atoms with Gasteiger partial charge in [-0.25, -0.2) is 0 Å². The molecular weight excluding hydrogens is 314 g/mol. The predicted molar refractivity (Wildman–Crippen MR) is 101 cm³/mol. The van der Waals surface area contributed by atoms with E-state index in [9.17, 15) is 4.79 Å². The van der Waals surface area contributed by atoms with Crippen LogP contribution in [0.3, 0.4) is 0 Å². The summed E-state index contributed by atoms with van der Waals surface area (Å²) in [7, 11) is 3.34. The van der Waals surface area contributed by atoms with Gasteiger partial charge in [0.05, 0.1) is 12.8 Å². The Morgan fingerprint density at radius 3 is 2.20 bits per heavy atom. The van der Waals surface area contributed by atoms with E-state index in [-0.39, 0.29) is 5.78 Å². The maximum Gasteiger partial charge on any atom is 0.185 e. The van der Waals surface area contributed by atoms with Crippen LogP contribution < -0.4 is 15.8 Å². The molecule has 0 saturated carbocycles. The lowest BCUT2D eigenvalue weighted by Gasteiger charge is -2.05. The van der Waals surface area contributed by atoms with E-state index >= 15 is 0 Å². The summed E-state index contributed by atoms with van der Waals surface area (Å²) in [6.07, 6.45) is 4.78. The van der Waals surface area contributed by atoms with Gasteiger partial charge in [-0.05, 0) is 72.3 Å². The monoisotopic (exact) mass is 335 g/mol. The van der Waals surface area contributed by atoms with Gasteiger partial charge in [-0.1, -0.05) is 0 Å². The van der Waals surface area contributed by atoms with E-state index in [0.29, 0.717) is 22.7 Å². The van der Waals surface area contributed by atoms with Crippen molar-refractivity contribution in [3.63, 3.8) is 0 Å². The molecule has 5 nitrogen and oxygen atoms in total. The normalized spacial score (nSPS) is 11.4. The van der Waals surface area contributed by atoms with Crippen LogP contribution in [-0.4, -0.2) is 25.7 Å². The lowest BCUT2D eigenvalue weighted by molar-refractivity contribution is 0.104. The molecule has 25 heavy (non-hydrogen) atoms. The SMILES string of the molecule is CNC(=C\C(=N)c1ccc(OC)cc1)/C=C/C(=O)c1ccc(N)cc1. The van der Waals surface area contributed by atoms with Crippen molar-refractivity contribution in [2.75, 3.05) is 19.9 Å². The minimum Gasteiger partial charge on any atom is -0.497 e. The molecule has 0 aliphatic rings. The lowest BCUT2D eigenvalue weighted by atomic mass is 10.1. The molecule has 0 aromatic heterocycles. The number of ether oxygens (including phenoxy) is 1. The number of anilines is 1. The standard InChI is InChI=1S/C20H21N3O2/c1-23-17(9-12-20(24)15-3-7-16(21)8-4-15)13-19(22)14-5-10-18(25-2)11-6-14/h3-13,22-23H,21H2,1-2H3/b12-9+,17-13-,22-19?. The molecule has 2 rings (SSSR count). The zero-order valence-corrected chi connectivity index (χ0v) is 14.2. The molecule has 0 saturated heterocycles. The second kappa shape index (κ2) is 8.49. The van der Waals surface area contributed by atoms with E-state index in [0.717, 1.165) is 11.3 Å². The number of carbonyl (C=O) groups is 1. The molecule has 0 bridgehead atoms. The largest absolute Gasteiger partial charge is 0.497 e. The van der Waals surface area contributed by atoms with Crippen LogP contribution >= 0.6 is 0 Å². The number of hydrogen-bond donors (Lipinski definition) is 3. The molecule has 2 aromatic rings. The number of benzene rings is 2. The van der Waals surface area contributed by atoms with Crippen molar-refractivity contribution in [2.24, 2.45) is 0 Å². The number of nitrogen functional groups attached to an aromatic ring is 1. The van der Waals surface area contributed by atoms with Gasteiger partial charge < -0.3 is 21.2 Å². The van der Waals surface area contributed by atoms with Crippen molar-refractivity contribution >= 4 is 17.2 Å². The minimum absolute atomic E-state index is 0.128. The van der Waals surface area contributed by atoms with Crippen LogP contribution in [0.15, 0.2) is 72.5 Å². The highest BCUT2D eigenvalue weighted by Gasteiger charge is 2.03. The first-order valence-electron chi connectivity index (χ1n) is 7.74. The van der Waals surface area contributed by atoms with Gasteiger partial charge in [-0.15, -0.1) is 0 Å². The first-order chi connectivity index (χ1) is 12.0. The second-order valence-electron chi connectivity index (χ2n) is 5.31. The second-order valence-corrected chi connectivity index (χ2v) is 5.31. The number of nitrogens with one attached hydrogen (secondary N) is 2. The van der Waals surface area contributed by atoms with Gasteiger partial charge in [-0.3, -0.25) is 4.79 Å². The molecule has 0 atom stereocenters. The van der Waals surface area contributed by atoms with Crippen LogP contribution in [0.1, 0.15) is 15.9 Å². The molecule has 4 N–H and O–H groups in total. The van der Waals surface area contributed by atoms with Crippen molar-refractivity contribution in [1.82, 2.24) is 5.32 Å². The zero-order valence-electron chi connectivity index (χ0n) is 14.2. The summed E-state index contributed by atoms with van der Waals surface area (Å²) in [6, 6.07) is 14.0. The summed E-state index contributed by atoms with van der Waals surface area (Å²) in [5.74, 6) is 0.612. The van der Waals surface area contributed by atoms with Crippen LogP contribution in [0.5, 0.6) is 5.75 Å². The fourth-order valence-corrected chi connectivity index (χ4v) is 2.12. The van der Waals surface area contributed by atoms with Gasteiger partial charge in [0.15, 0.2) is 5.78 Å². The van der Waals surface area contributed by atoms with E-state index in [1.165, 1.54) is 6.08 Å². The third-order valence-corrected chi connectivity index (χ3v) is 3.60. The summed E-state index contributed by atoms with van der Waals surface area (Å²) in [6.45, 7) is 0. The Balaban J connectivity index is 2.11. The van der Waals surface area contributed by atoms with E-state index in [2.05, 4.69) is 5.32 Å². The van der Waals surface area contributed by atoms with E-state index in [4.69, 9.17) is 15.9 Å². The van der Waals surface area contributed by atoms with Crippen LogP contribution in [0.2, 0.25) is 0 Å². The third-order valence-electron chi connectivity index (χ3n) is 3.60. The van der Waals surface area contributed by atoms with Crippen molar-refractivity contribution < 1.29 is 9.53 Å². The zero-order chi connectivity index (χ0) is 18.2. The summed E-state index contributed by atoms with van der Waals surface area (Å²) in [5, 5.41) is 11.2. The van der Waals surface area contributed by atoms with Gasteiger partial charge in [0.1, 0.15) is 5.75 Å². The predicted octanol–water partition coefficient (Wildman–Crippen LogP) is 3.19. The highest BCUT2D eigenvalue weighted by atomic mass is 16.5. The van der Waals surface area contributed by atoms with Crippen molar-refractivity contribution in [3.05, 3.63) is 83.6 Å². The number of allylic oxidation sites excluding steroid dienone is 3. The van der Waals surface area contributed by atoms with Crippen LogP contribution in [0.4, 0.5) is 5.69 Å². The van der Waals surface area contributed by atoms with Gasteiger partial charge in [-0.2, -0.15) is 0 Å². The van der Waals surface area contributed by atoms with Crippen molar-refractivity contribution in [2.45, 2.75) is 0 Å². The Bertz CT molecular complexity index is 804. The topological polar surface area (TPSA) is 88.2 Å². The molecule has 0 spiro atoms.